The van der Waals surface area contributed by atoms with Crippen molar-refractivity contribution in [1.82, 2.24) is 16.0 Å². The van der Waals surface area contributed by atoms with E-state index in [1.807, 2.05) is 0 Å². The number of phenolic OH excluding ortho intramolecular Hbond substituents is 1. The number of carbonyl (C=O) groups is 4. The number of nitrogens with two attached hydrogens (primary N) is 1. The average Bonchev–Trinajstić information content (AvgIpc) is 2.71. The molecule has 0 heterocycles. The van der Waals surface area contributed by atoms with Crippen LogP contribution in [-0.4, -0.2) is 75.5 Å². The number of aliphatic carboxylic acids is 1. The third-order valence-corrected chi connectivity index (χ3v) is 4.46. The Labute approximate surface area is 178 Å². The van der Waals surface area contributed by atoms with Crippen molar-refractivity contribution in [3.05, 3.63) is 29.8 Å². The summed E-state index contributed by atoms with van der Waals surface area (Å²) in [6.45, 7) is 0.757. The number of carboxylic acid groups (broad SMARTS) is 1. The van der Waals surface area contributed by atoms with Crippen molar-refractivity contribution in [3.63, 3.8) is 0 Å². The molecule has 0 spiro atoms. The maximum Gasteiger partial charge on any atom is 0.327 e. The van der Waals surface area contributed by atoms with E-state index in [0.717, 1.165) is 0 Å². The number of thiol groups is 1. The second-order valence-electron chi connectivity index (χ2n) is 6.53. The highest BCUT2D eigenvalue weighted by Crippen LogP contribution is 2.12. The molecule has 0 bridgehead atoms. The third kappa shape index (κ3) is 7.89. The van der Waals surface area contributed by atoms with Crippen LogP contribution in [0.5, 0.6) is 5.75 Å². The molecule has 0 saturated heterocycles. The normalized spacial score (nSPS) is 14.7. The zero-order valence-electron chi connectivity index (χ0n) is 16.2. The van der Waals surface area contributed by atoms with Crippen LogP contribution in [0.1, 0.15) is 12.5 Å². The van der Waals surface area contributed by atoms with Crippen LogP contribution in [0, 0.1) is 0 Å². The van der Waals surface area contributed by atoms with Crippen molar-refractivity contribution in [3.8, 4) is 5.75 Å². The molecule has 1 rings (SSSR count). The van der Waals surface area contributed by atoms with E-state index >= 15 is 0 Å². The molecule has 0 aliphatic heterocycles. The third-order valence-electron chi connectivity index (χ3n) is 4.09. The Kier molecular flexibility index (Phi) is 10.1. The van der Waals surface area contributed by atoms with Crippen LogP contribution in [0.2, 0.25) is 0 Å². The lowest BCUT2D eigenvalue weighted by Gasteiger charge is -2.23. The number of aromatic hydroxyl groups is 1. The van der Waals surface area contributed by atoms with E-state index in [1.54, 1.807) is 12.1 Å². The zero-order chi connectivity index (χ0) is 22.8. The number of carboxylic acids is 1. The molecule has 0 aromatic heterocycles. The number of hydrogen-bond acceptors (Lipinski definition) is 8. The fourth-order valence-corrected chi connectivity index (χ4v) is 2.55. The van der Waals surface area contributed by atoms with Gasteiger partial charge in [-0.2, -0.15) is 12.6 Å². The summed E-state index contributed by atoms with van der Waals surface area (Å²) >= 11 is 3.89. The van der Waals surface area contributed by atoms with Crippen molar-refractivity contribution in [1.29, 1.82) is 0 Å². The van der Waals surface area contributed by atoms with Gasteiger partial charge in [0, 0.05) is 12.2 Å². The molecule has 0 fully saturated rings. The lowest BCUT2D eigenvalue weighted by molar-refractivity contribution is -0.141. The first-order valence-electron chi connectivity index (χ1n) is 8.98. The molecule has 0 radical (unpaired) electrons. The van der Waals surface area contributed by atoms with Crippen LogP contribution in [0.25, 0.3) is 0 Å². The second kappa shape index (κ2) is 12.0. The first kappa shape index (κ1) is 25.2. The molecule has 0 aliphatic carbocycles. The number of hydrogen-bond donors (Lipinski definition) is 8. The summed E-state index contributed by atoms with van der Waals surface area (Å²) in [6.07, 6.45) is -0.00636. The fourth-order valence-electron chi connectivity index (χ4n) is 2.30. The number of rotatable bonds is 11. The molecule has 8 N–H and O–H groups in total. The second-order valence-corrected chi connectivity index (χ2v) is 6.90. The van der Waals surface area contributed by atoms with Crippen LogP contribution < -0.4 is 21.7 Å². The van der Waals surface area contributed by atoms with E-state index in [1.165, 1.54) is 19.1 Å². The van der Waals surface area contributed by atoms with Crippen LogP contribution in [-0.2, 0) is 25.6 Å². The quantitative estimate of drug-likeness (QED) is 0.176. The Morgan fingerprint density at radius 3 is 2.07 bits per heavy atom. The zero-order valence-corrected chi connectivity index (χ0v) is 17.1. The van der Waals surface area contributed by atoms with Gasteiger partial charge in [-0.3, -0.25) is 14.4 Å². The molecule has 30 heavy (non-hydrogen) atoms. The summed E-state index contributed by atoms with van der Waals surface area (Å²) in [7, 11) is 0. The van der Waals surface area contributed by atoms with Crippen molar-refractivity contribution in [2.24, 2.45) is 5.73 Å². The molecule has 1 aromatic carbocycles. The summed E-state index contributed by atoms with van der Waals surface area (Å²) in [5.41, 5.74) is 5.97. The Bertz CT molecular complexity index is 759. The van der Waals surface area contributed by atoms with Gasteiger partial charge in [0.2, 0.25) is 17.7 Å². The maximum absolute atomic E-state index is 12.6. The highest BCUT2D eigenvalue weighted by atomic mass is 32.1. The lowest BCUT2D eigenvalue weighted by atomic mass is 10.0. The van der Waals surface area contributed by atoms with Gasteiger partial charge in [-0.05, 0) is 24.6 Å². The highest BCUT2D eigenvalue weighted by Gasteiger charge is 2.28. The molecule has 166 valence electrons. The topological polar surface area (TPSA) is 191 Å². The number of nitrogens with one attached hydrogen (secondary N) is 3. The first-order chi connectivity index (χ1) is 14.1. The van der Waals surface area contributed by atoms with Crippen molar-refractivity contribution < 1.29 is 34.5 Å². The van der Waals surface area contributed by atoms with Gasteiger partial charge in [-0.1, -0.05) is 12.1 Å². The van der Waals surface area contributed by atoms with E-state index < -0.39 is 54.5 Å². The van der Waals surface area contributed by atoms with Gasteiger partial charge in [0.15, 0.2) is 0 Å². The Hall–Kier alpha value is -2.83. The Morgan fingerprint density at radius 2 is 1.57 bits per heavy atom. The number of benzene rings is 1. The SMILES string of the molecule is CC(NC(=O)C(N)CO)C(=O)NC(Cc1ccc(O)cc1)C(=O)NC(CS)C(=O)O. The monoisotopic (exact) mass is 442 g/mol. The molecule has 3 amide bonds. The first-order valence-corrected chi connectivity index (χ1v) is 9.61. The summed E-state index contributed by atoms with van der Waals surface area (Å²) in [4.78, 5) is 48.0. The average molecular weight is 442 g/mol. The van der Waals surface area contributed by atoms with Gasteiger partial charge < -0.3 is 37.0 Å². The molecule has 12 heteroatoms. The highest BCUT2D eigenvalue weighted by molar-refractivity contribution is 7.80. The van der Waals surface area contributed by atoms with Crippen LogP contribution in [0.15, 0.2) is 24.3 Å². The number of aliphatic hydroxyl groups excluding tert-OH is 1. The van der Waals surface area contributed by atoms with Gasteiger partial charge in [0.1, 0.15) is 29.9 Å². The number of phenols is 1. The number of aliphatic hydroxyl groups is 1. The van der Waals surface area contributed by atoms with Crippen LogP contribution >= 0.6 is 12.6 Å². The Balaban J connectivity index is 2.94. The molecule has 11 nitrogen and oxygen atoms in total. The molecule has 0 saturated carbocycles. The largest absolute Gasteiger partial charge is 0.508 e. The van der Waals surface area contributed by atoms with Crippen molar-refractivity contribution in [2.75, 3.05) is 12.4 Å². The molecule has 4 unspecified atom stereocenters. The minimum absolute atomic E-state index is 0.00636. The van der Waals surface area contributed by atoms with E-state index in [0.29, 0.717) is 5.56 Å². The van der Waals surface area contributed by atoms with Crippen molar-refractivity contribution in [2.45, 2.75) is 37.5 Å². The van der Waals surface area contributed by atoms with Gasteiger partial charge in [0.05, 0.1) is 6.61 Å². The smallest absolute Gasteiger partial charge is 0.327 e. The molecule has 1 aromatic rings. The van der Waals surface area contributed by atoms with Gasteiger partial charge in [-0.25, -0.2) is 4.79 Å². The van der Waals surface area contributed by atoms with Gasteiger partial charge in [0.25, 0.3) is 0 Å². The molecular weight excluding hydrogens is 416 g/mol. The predicted octanol–water partition coefficient (Wildman–Crippen LogP) is -2.26. The van der Waals surface area contributed by atoms with Crippen LogP contribution in [0.3, 0.4) is 0 Å². The fraction of sp³-hybridized carbons (Fsp3) is 0.444. The van der Waals surface area contributed by atoms with Crippen molar-refractivity contribution >= 4 is 36.3 Å². The lowest BCUT2D eigenvalue weighted by Crippen LogP contribution is -2.57. The summed E-state index contributed by atoms with van der Waals surface area (Å²) < 4.78 is 0. The maximum atomic E-state index is 12.6. The summed E-state index contributed by atoms with van der Waals surface area (Å²) in [5, 5.41) is 34.5. The summed E-state index contributed by atoms with van der Waals surface area (Å²) in [5.74, 6) is -3.66. The minimum Gasteiger partial charge on any atom is -0.508 e. The number of amides is 3. The Morgan fingerprint density at radius 1 is 1.00 bits per heavy atom. The molecule has 4 atom stereocenters. The number of carbonyl (C=O) groups excluding carboxylic acids is 3. The molecular formula is C18H26N4O7S. The van der Waals surface area contributed by atoms with Crippen LogP contribution in [0.4, 0.5) is 0 Å². The van der Waals surface area contributed by atoms with E-state index in [2.05, 4.69) is 28.6 Å². The predicted molar refractivity (Wildman–Crippen MR) is 110 cm³/mol. The standard InChI is InChI=1S/C18H26N4O7S/c1-9(20-16(26)12(19)7-23)15(25)21-13(6-10-2-4-11(24)5-3-10)17(27)22-14(8-30)18(28)29/h2-5,9,12-14,23-24,30H,6-8,19H2,1H3,(H,20,26)(H,21,25)(H,22,27)(H,28,29). The van der Waals surface area contributed by atoms with Gasteiger partial charge >= 0.3 is 5.97 Å². The van der Waals surface area contributed by atoms with Gasteiger partial charge in [-0.15, -0.1) is 0 Å². The summed E-state index contributed by atoms with van der Waals surface area (Å²) in [6, 6.07) is 1.17. The van der Waals surface area contributed by atoms with E-state index in [9.17, 15) is 24.3 Å². The van der Waals surface area contributed by atoms with E-state index in [4.69, 9.17) is 15.9 Å². The van der Waals surface area contributed by atoms with E-state index in [-0.39, 0.29) is 17.9 Å². The molecule has 0 aliphatic rings. The minimum atomic E-state index is -1.29.